The van der Waals surface area contributed by atoms with Gasteiger partial charge < -0.3 is 10.1 Å². The number of hydrogen-bond acceptors (Lipinski definition) is 3. The van der Waals surface area contributed by atoms with Gasteiger partial charge in [-0.05, 0) is 24.3 Å². The molecule has 0 spiro atoms. The number of carbonyl (C=O) groups is 1. The average molecular weight is 227 g/mol. The van der Waals surface area contributed by atoms with Crippen LogP contribution in [0.1, 0.15) is 10.4 Å². The van der Waals surface area contributed by atoms with Crippen molar-refractivity contribution in [2.75, 3.05) is 12.4 Å². The van der Waals surface area contributed by atoms with Crippen LogP contribution >= 0.6 is 0 Å². The SMILES string of the molecule is COc1ccccc1Nc1ccccc1C=O. The average Bonchev–Trinajstić information content (AvgIpc) is 2.40. The minimum atomic E-state index is 0.624. The van der Waals surface area contributed by atoms with E-state index in [-0.39, 0.29) is 0 Å². The van der Waals surface area contributed by atoms with Crippen molar-refractivity contribution in [1.82, 2.24) is 0 Å². The lowest BCUT2D eigenvalue weighted by Crippen LogP contribution is -1.97. The highest BCUT2D eigenvalue weighted by molar-refractivity contribution is 5.86. The van der Waals surface area contributed by atoms with Gasteiger partial charge in [-0.25, -0.2) is 0 Å². The second-order valence-electron chi connectivity index (χ2n) is 3.53. The minimum Gasteiger partial charge on any atom is -0.495 e. The van der Waals surface area contributed by atoms with E-state index in [0.717, 1.165) is 23.4 Å². The van der Waals surface area contributed by atoms with Crippen LogP contribution in [0.25, 0.3) is 0 Å². The van der Waals surface area contributed by atoms with Crippen molar-refractivity contribution in [3.8, 4) is 5.75 Å². The van der Waals surface area contributed by atoms with Gasteiger partial charge in [0.2, 0.25) is 0 Å². The number of rotatable bonds is 4. The summed E-state index contributed by atoms with van der Waals surface area (Å²) in [6.07, 6.45) is 0.831. The number of aldehydes is 1. The lowest BCUT2D eigenvalue weighted by molar-refractivity contribution is 0.112. The van der Waals surface area contributed by atoms with Gasteiger partial charge in [-0.3, -0.25) is 4.79 Å². The molecule has 17 heavy (non-hydrogen) atoms. The van der Waals surface area contributed by atoms with E-state index in [0.29, 0.717) is 5.56 Å². The molecule has 2 aromatic rings. The topological polar surface area (TPSA) is 38.3 Å². The highest BCUT2D eigenvalue weighted by Crippen LogP contribution is 2.27. The van der Waals surface area contributed by atoms with E-state index >= 15 is 0 Å². The van der Waals surface area contributed by atoms with Gasteiger partial charge >= 0.3 is 0 Å². The molecule has 0 aliphatic heterocycles. The van der Waals surface area contributed by atoms with E-state index in [1.54, 1.807) is 13.2 Å². The zero-order valence-corrected chi connectivity index (χ0v) is 9.51. The maximum Gasteiger partial charge on any atom is 0.152 e. The second kappa shape index (κ2) is 5.16. The van der Waals surface area contributed by atoms with E-state index < -0.39 is 0 Å². The summed E-state index contributed by atoms with van der Waals surface area (Å²) in [6.45, 7) is 0. The fourth-order valence-electron chi connectivity index (χ4n) is 1.61. The molecule has 2 aromatic carbocycles. The summed E-state index contributed by atoms with van der Waals surface area (Å²) < 4.78 is 5.24. The molecule has 0 aliphatic carbocycles. The largest absolute Gasteiger partial charge is 0.495 e. The van der Waals surface area contributed by atoms with Gasteiger partial charge in [0.15, 0.2) is 6.29 Å². The molecular weight excluding hydrogens is 214 g/mol. The minimum absolute atomic E-state index is 0.624. The number of ether oxygens (including phenoxy) is 1. The van der Waals surface area contributed by atoms with Crippen molar-refractivity contribution in [2.24, 2.45) is 0 Å². The quantitative estimate of drug-likeness (QED) is 0.815. The van der Waals surface area contributed by atoms with Gasteiger partial charge in [0.1, 0.15) is 5.75 Å². The maximum atomic E-state index is 10.9. The van der Waals surface area contributed by atoms with Crippen LogP contribution in [-0.2, 0) is 0 Å². The number of para-hydroxylation sites is 3. The molecule has 3 heteroatoms. The third-order valence-corrected chi connectivity index (χ3v) is 2.46. The highest BCUT2D eigenvalue weighted by atomic mass is 16.5. The Morgan fingerprint density at radius 2 is 1.65 bits per heavy atom. The lowest BCUT2D eigenvalue weighted by atomic mass is 10.2. The summed E-state index contributed by atoms with van der Waals surface area (Å²) in [4.78, 5) is 10.9. The summed E-state index contributed by atoms with van der Waals surface area (Å²) in [7, 11) is 1.62. The van der Waals surface area contributed by atoms with Crippen molar-refractivity contribution in [3.63, 3.8) is 0 Å². The van der Waals surface area contributed by atoms with Crippen molar-refractivity contribution < 1.29 is 9.53 Å². The van der Waals surface area contributed by atoms with E-state index in [4.69, 9.17) is 4.74 Å². The Morgan fingerprint density at radius 1 is 1.00 bits per heavy atom. The first-order valence-electron chi connectivity index (χ1n) is 5.29. The predicted molar refractivity (Wildman–Crippen MR) is 68.1 cm³/mol. The van der Waals surface area contributed by atoms with Crippen LogP contribution in [0.4, 0.5) is 11.4 Å². The second-order valence-corrected chi connectivity index (χ2v) is 3.53. The molecule has 0 atom stereocenters. The molecule has 86 valence electrons. The first-order chi connectivity index (χ1) is 8.35. The van der Waals surface area contributed by atoms with Crippen molar-refractivity contribution >= 4 is 17.7 Å². The van der Waals surface area contributed by atoms with Gasteiger partial charge in [-0.1, -0.05) is 24.3 Å². The molecular formula is C14H13NO2. The van der Waals surface area contributed by atoms with Gasteiger partial charge in [0, 0.05) is 11.3 Å². The molecule has 3 nitrogen and oxygen atoms in total. The molecule has 0 bridgehead atoms. The Bertz CT molecular complexity index is 523. The lowest BCUT2D eigenvalue weighted by Gasteiger charge is -2.12. The molecule has 2 rings (SSSR count). The third-order valence-electron chi connectivity index (χ3n) is 2.46. The van der Waals surface area contributed by atoms with Gasteiger partial charge in [0.05, 0.1) is 12.8 Å². The van der Waals surface area contributed by atoms with Gasteiger partial charge in [-0.15, -0.1) is 0 Å². The van der Waals surface area contributed by atoms with E-state index in [1.807, 2.05) is 42.5 Å². The van der Waals surface area contributed by atoms with Crippen LogP contribution in [0.15, 0.2) is 48.5 Å². The van der Waals surface area contributed by atoms with Crippen LogP contribution in [0.2, 0.25) is 0 Å². The standard InChI is InChI=1S/C14H13NO2/c1-17-14-9-5-4-8-13(14)15-12-7-3-2-6-11(12)10-16/h2-10,15H,1H3. The fourth-order valence-corrected chi connectivity index (χ4v) is 1.61. The molecule has 0 saturated carbocycles. The first-order valence-corrected chi connectivity index (χ1v) is 5.29. The van der Waals surface area contributed by atoms with Crippen LogP contribution < -0.4 is 10.1 Å². The molecule has 0 saturated heterocycles. The van der Waals surface area contributed by atoms with Crippen molar-refractivity contribution in [1.29, 1.82) is 0 Å². The number of carbonyl (C=O) groups excluding carboxylic acids is 1. The number of benzene rings is 2. The molecule has 1 N–H and O–H groups in total. The smallest absolute Gasteiger partial charge is 0.152 e. The third kappa shape index (κ3) is 2.45. The molecule has 0 aromatic heterocycles. The summed E-state index contributed by atoms with van der Waals surface area (Å²) >= 11 is 0. The van der Waals surface area contributed by atoms with E-state index in [2.05, 4.69) is 5.32 Å². The Kier molecular flexibility index (Phi) is 3.40. The Balaban J connectivity index is 2.34. The van der Waals surface area contributed by atoms with Crippen LogP contribution in [0.3, 0.4) is 0 Å². The Labute approximate surface area is 100 Å². The first kappa shape index (κ1) is 11.2. The molecule has 0 heterocycles. The Hall–Kier alpha value is -2.29. The highest BCUT2D eigenvalue weighted by Gasteiger charge is 2.04. The molecule has 0 aliphatic rings. The maximum absolute atomic E-state index is 10.9. The zero-order chi connectivity index (χ0) is 12.1. The van der Waals surface area contributed by atoms with Crippen LogP contribution in [0.5, 0.6) is 5.75 Å². The van der Waals surface area contributed by atoms with Gasteiger partial charge in [0.25, 0.3) is 0 Å². The van der Waals surface area contributed by atoms with Gasteiger partial charge in [-0.2, -0.15) is 0 Å². The van der Waals surface area contributed by atoms with Crippen molar-refractivity contribution in [2.45, 2.75) is 0 Å². The normalized spacial score (nSPS) is 9.71. The van der Waals surface area contributed by atoms with E-state index in [1.165, 1.54) is 0 Å². The number of methoxy groups -OCH3 is 1. The summed E-state index contributed by atoms with van der Waals surface area (Å²) in [5.74, 6) is 0.744. The molecule has 0 amide bonds. The van der Waals surface area contributed by atoms with Crippen LogP contribution in [-0.4, -0.2) is 13.4 Å². The number of anilines is 2. The number of hydrogen-bond donors (Lipinski definition) is 1. The fraction of sp³-hybridized carbons (Fsp3) is 0.0714. The molecule has 0 radical (unpaired) electrons. The van der Waals surface area contributed by atoms with E-state index in [9.17, 15) is 4.79 Å². The zero-order valence-electron chi connectivity index (χ0n) is 9.51. The van der Waals surface area contributed by atoms with Crippen molar-refractivity contribution in [3.05, 3.63) is 54.1 Å². The predicted octanol–water partition coefficient (Wildman–Crippen LogP) is 3.25. The molecule has 0 fully saturated rings. The van der Waals surface area contributed by atoms with Crippen LogP contribution in [0, 0.1) is 0 Å². The number of nitrogens with one attached hydrogen (secondary N) is 1. The summed E-state index contributed by atoms with van der Waals surface area (Å²) in [5.41, 5.74) is 2.23. The summed E-state index contributed by atoms with van der Waals surface area (Å²) in [6, 6.07) is 14.9. The summed E-state index contributed by atoms with van der Waals surface area (Å²) in [5, 5.41) is 3.19. The molecule has 0 unspecified atom stereocenters. The Morgan fingerprint density at radius 3 is 2.35 bits per heavy atom. The monoisotopic (exact) mass is 227 g/mol.